The molecule has 2 N–H and O–H groups in total. The quantitative estimate of drug-likeness (QED) is 0.393. The Hall–Kier alpha value is -3.43. The van der Waals surface area contributed by atoms with Crippen LogP contribution in [0, 0.1) is 11.2 Å². The molecule has 3 aromatic rings. The van der Waals surface area contributed by atoms with Crippen LogP contribution in [0.15, 0.2) is 60.8 Å². The van der Waals surface area contributed by atoms with Crippen molar-refractivity contribution in [2.75, 3.05) is 50.8 Å². The van der Waals surface area contributed by atoms with Gasteiger partial charge in [-0.05, 0) is 54.8 Å². The Labute approximate surface area is 210 Å². The smallest absolute Gasteiger partial charge is 0.159 e. The van der Waals surface area contributed by atoms with Gasteiger partial charge in [-0.15, -0.1) is 0 Å². The summed E-state index contributed by atoms with van der Waals surface area (Å²) in [7, 11) is 0. The van der Waals surface area contributed by atoms with E-state index in [4.69, 9.17) is 15.5 Å². The number of piperazine rings is 1. The third kappa shape index (κ3) is 4.33. The number of fused-ring (bicyclic) bond motifs is 1. The number of hydrogen-bond donors (Lipinski definition) is 2. The number of allylic oxidation sites excluding steroid dienone is 1. The molecule has 0 bridgehead atoms. The molecular weight excluding hydrogens is 457 g/mol. The monoisotopic (exact) mass is 489 g/mol. The van der Waals surface area contributed by atoms with Gasteiger partial charge in [0.15, 0.2) is 6.17 Å². The second-order valence-corrected chi connectivity index (χ2v) is 9.74. The first-order valence-electron chi connectivity index (χ1n) is 12.8. The Morgan fingerprint density at radius 3 is 2.75 bits per heavy atom. The molecule has 5 heterocycles. The molecule has 1 aromatic carbocycles. The highest BCUT2D eigenvalue weighted by Crippen LogP contribution is 2.39. The zero-order valence-corrected chi connectivity index (χ0v) is 20.3. The number of rotatable bonds is 7. The number of aliphatic hydroxyl groups is 1. The van der Waals surface area contributed by atoms with Crippen LogP contribution in [-0.4, -0.2) is 81.0 Å². The van der Waals surface area contributed by atoms with Gasteiger partial charge in [0, 0.05) is 39.3 Å². The van der Waals surface area contributed by atoms with Crippen LogP contribution in [0.4, 0.5) is 10.2 Å². The first-order chi connectivity index (χ1) is 17.6. The van der Waals surface area contributed by atoms with Gasteiger partial charge < -0.3 is 14.9 Å². The number of likely N-dealkylation sites (tertiary alicyclic amines) is 1. The Morgan fingerprint density at radius 2 is 1.94 bits per heavy atom. The van der Waals surface area contributed by atoms with Gasteiger partial charge >= 0.3 is 0 Å². The fraction of sp³-hybridized carbons (Fsp3) is 0.407. The van der Waals surface area contributed by atoms with Crippen molar-refractivity contribution in [1.29, 1.82) is 5.41 Å². The summed E-state index contributed by atoms with van der Waals surface area (Å²) in [6, 6.07) is 13.0. The number of aliphatic hydroxyl groups excluding tert-OH is 1. The molecule has 36 heavy (non-hydrogen) atoms. The van der Waals surface area contributed by atoms with Crippen LogP contribution in [0.25, 0.3) is 11.4 Å². The zero-order valence-electron chi connectivity index (χ0n) is 20.3. The minimum absolute atomic E-state index is 0.0560. The van der Waals surface area contributed by atoms with Crippen molar-refractivity contribution in [3.8, 4) is 11.4 Å². The number of anilines is 1. The summed E-state index contributed by atoms with van der Waals surface area (Å²) in [5.41, 5.74) is 2.99. The van der Waals surface area contributed by atoms with E-state index in [9.17, 15) is 4.39 Å². The Bertz CT molecular complexity index is 1270. The molecule has 2 unspecified atom stereocenters. The summed E-state index contributed by atoms with van der Waals surface area (Å²) in [4.78, 5) is 11.6. The van der Waals surface area contributed by atoms with Crippen molar-refractivity contribution in [1.82, 2.24) is 24.1 Å². The Balaban J connectivity index is 1.09. The van der Waals surface area contributed by atoms with Gasteiger partial charge in [-0.25, -0.2) is 9.37 Å². The van der Waals surface area contributed by atoms with E-state index in [0.717, 1.165) is 74.9 Å². The standard InChI is InChI=1S/C27H32FN7O/c28-21-5-1-4-20(18-21)23-7-3-11-33(23)25(29)9-10-27-34-19-24(35(27)34)22-6-2-8-26(30-22)32-14-12-31(13-15-32)16-17-36/h1-2,4-6,8-10,18-19,23,27,29,36H,3,7,11-17H2/b10-9-,29-25?. The normalized spacial score (nSPS) is 21.9. The van der Waals surface area contributed by atoms with E-state index in [1.165, 1.54) is 6.07 Å². The van der Waals surface area contributed by atoms with E-state index in [0.29, 0.717) is 5.84 Å². The molecule has 3 aliphatic rings. The molecule has 6 rings (SSSR count). The average molecular weight is 490 g/mol. The molecule has 2 aromatic heterocycles. The molecule has 3 aliphatic heterocycles. The maximum Gasteiger partial charge on any atom is 0.159 e. The van der Waals surface area contributed by atoms with E-state index in [1.54, 1.807) is 12.1 Å². The molecule has 0 amide bonds. The third-order valence-corrected chi connectivity index (χ3v) is 7.55. The molecule has 8 nitrogen and oxygen atoms in total. The average Bonchev–Trinajstić information content (AvgIpc) is 3.19. The van der Waals surface area contributed by atoms with Crippen LogP contribution in [0.2, 0.25) is 0 Å². The SMILES string of the molecule is N=C(/C=C\C1n2cc(-c3cccc(N4CCN(CCO)CC4)n3)n21)N1CCCC1c1cccc(F)c1. The fourth-order valence-electron chi connectivity index (χ4n) is 5.56. The van der Waals surface area contributed by atoms with E-state index < -0.39 is 0 Å². The van der Waals surface area contributed by atoms with Gasteiger partial charge in [-0.1, -0.05) is 18.2 Å². The number of benzene rings is 1. The molecule has 188 valence electrons. The van der Waals surface area contributed by atoms with Gasteiger partial charge in [0.2, 0.25) is 0 Å². The van der Waals surface area contributed by atoms with Crippen LogP contribution in [-0.2, 0) is 0 Å². The number of amidine groups is 1. The highest BCUT2D eigenvalue weighted by Gasteiger charge is 2.36. The van der Waals surface area contributed by atoms with Gasteiger partial charge in [0.25, 0.3) is 0 Å². The van der Waals surface area contributed by atoms with Crippen LogP contribution in [0.3, 0.4) is 0 Å². The van der Waals surface area contributed by atoms with E-state index in [2.05, 4.69) is 48.5 Å². The second-order valence-electron chi connectivity index (χ2n) is 9.74. The molecule has 2 fully saturated rings. The van der Waals surface area contributed by atoms with E-state index in [-0.39, 0.29) is 24.6 Å². The minimum Gasteiger partial charge on any atom is -0.395 e. The summed E-state index contributed by atoms with van der Waals surface area (Å²) >= 11 is 0. The summed E-state index contributed by atoms with van der Waals surface area (Å²) in [6.45, 7) is 5.44. The van der Waals surface area contributed by atoms with Crippen LogP contribution in [0.1, 0.15) is 30.6 Å². The predicted molar refractivity (Wildman–Crippen MR) is 138 cm³/mol. The number of β-amino-alcohol motifs (C(OH)–C–C–N with tert-alkyl or cyclic N) is 1. The molecule has 0 saturated carbocycles. The largest absolute Gasteiger partial charge is 0.395 e. The van der Waals surface area contributed by atoms with Crippen LogP contribution < -0.4 is 4.90 Å². The van der Waals surface area contributed by atoms with Crippen molar-refractivity contribution < 1.29 is 9.50 Å². The van der Waals surface area contributed by atoms with Crippen molar-refractivity contribution in [2.24, 2.45) is 0 Å². The topological polar surface area (TPSA) is 76.5 Å². The first kappa shape index (κ1) is 23.0. The predicted octanol–water partition coefficient (Wildman–Crippen LogP) is 3.34. The molecule has 0 aliphatic carbocycles. The van der Waals surface area contributed by atoms with Crippen molar-refractivity contribution in [3.05, 3.63) is 72.2 Å². The molecular formula is C27H32FN7O. The first-order valence-corrected chi connectivity index (χ1v) is 12.8. The molecule has 0 radical (unpaired) electrons. The number of nitrogens with zero attached hydrogens (tertiary/aromatic N) is 6. The third-order valence-electron chi connectivity index (χ3n) is 7.55. The summed E-state index contributed by atoms with van der Waals surface area (Å²) in [6.07, 6.45) is 8.09. The highest BCUT2D eigenvalue weighted by atomic mass is 19.1. The minimum atomic E-state index is -0.225. The van der Waals surface area contributed by atoms with Gasteiger partial charge in [-0.2, -0.15) is 0 Å². The van der Waals surface area contributed by atoms with Crippen molar-refractivity contribution >= 4 is 11.7 Å². The number of nitrogens with one attached hydrogen (secondary N) is 1. The van der Waals surface area contributed by atoms with Crippen molar-refractivity contribution in [2.45, 2.75) is 25.0 Å². The molecule has 2 saturated heterocycles. The molecule has 0 spiro atoms. The molecule has 9 heteroatoms. The Morgan fingerprint density at radius 1 is 1.11 bits per heavy atom. The van der Waals surface area contributed by atoms with E-state index in [1.807, 2.05) is 18.2 Å². The van der Waals surface area contributed by atoms with E-state index >= 15 is 0 Å². The Kier molecular flexibility index (Phi) is 6.10. The fourth-order valence-corrected chi connectivity index (χ4v) is 5.56. The van der Waals surface area contributed by atoms with Crippen LogP contribution >= 0.6 is 0 Å². The van der Waals surface area contributed by atoms with Crippen LogP contribution in [0.5, 0.6) is 0 Å². The lowest BCUT2D eigenvalue weighted by Gasteiger charge is -2.35. The maximum atomic E-state index is 13.7. The van der Waals surface area contributed by atoms with Gasteiger partial charge in [-0.3, -0.25) is 19.7 Å². The lowest BCUT2D eigenvalue weighted by atomic mass is 10.0. The summed E-state index contributed by atoms with van der Waals surface area (Å²) in [5, 5.41) is 17.8. The zero-order chi connectivity index (χ0) is 24.6. The highest BCUT2D eigenvalue weighted by molar-refractivity contribution is 5.91. The second kappa shape index (κ2) is 9.55. The number of halogens is 1. The van der Waals surface area contributed by atoms with Crippen molar-refractivity contribution in [3.63, 3.8) is 0 Å². The van der Waals surface area contributed by atoms with Gasteiger partial charge in [0.1, 0.15) is 23.2 Å². The maximum absolute atomic E-state index is 13.7. The van der Waals surface area contributed by atoms with Gasteiger partial charge in [0.05, 0.1) is 24.5 Å². The number of pyridine rings is 1. The number of hydrogen-bond acceptors (Lipinski definition) is 5. The lowest BCUT2D eigenvalue weighted by Crippen LogP contribution is -2.47. The lowest BCUT2D eigenvalue weighted by molar-refractivity contribution is 0.188. The molecule has 2 atom stereocenters. The summed E-state index contributed by atoms with van der Waals surface area (Å²) in [5.74, 6) is 1.23. The number of aromatic nitrogens is 3. The summed E-state index contributed by atoms with van der Waals surface area (Å²) < 4.78 is 18.1.